The Kier molecular flexibility index (Phi) is 8.95. The minimum Gasteiger partial charge on any atom is -0.308 e. The van der Waals surface area contributed by atoms with E-state index in [4.69, 9.17) is 0 Å². The zero-order chi connectivity index (χ0) is 9.23. The molecule has 0 spiro atoms. The van der Waals surface area contributed by atoms with Crippen molar-refractivity contribution < 1.29 is 0 Å². The zero-order valence-electron chi connectivity index (χ0n) is 8.82. The lowest BCUT2D eigenvalue weighted by atomic mass is 10.0. The Morgan fingerprint density at radius 2 is 2.00 bits per heavy atom. The van der Waals surface area contributed by atoms with Crippen LogP contribution < -0.4 is 10.6 Å². The van der Waals surface area contributed by atoms with E-state index in [1.165, 1.54) is 25.7 Å². The van der Waals surface area contributed by atoms with Crippen LogP contribution in [0.2, 0.25) is 0 Å². The summed E-state index contributed by atoms with van der Waals surface area (Å²) in [7, 11) is 1.97. The van der Waals surface area contributed by atoms with Crippen molar-refractivity contribution in [2.75, 3.05) is 20.3 Å². The second-order valence-corrected chi connectivity index (χ2v) is 3.57. The molecular weight excluding hydrogens is 148 g/mol. The van der Waals surface area contributed by atoms with Crippen LogP contribution >= 0.6 is 0 Å². The van der Waals surface area contributed by atoms with Gasteiger partial charge in [-0.2, -0.15) is 0 Å². The zero-order valence-corrected chi connectivity index (χ0v) is 8.82. The lowest BCUT2D eigenvalue weighted by molar-refractivity contribution is 0.450. The molecule has 12 heavy (non-hydrogen) atoms. The van der Waals surface area contributed by atoms with Crippen molar-refractivity contribution in [3.8, 4) is 0 Å². The Labute approximate surface area is 77.1 Å². The van der Waals surface area contributed by atoms with Crippen LogP contribution in [0.4, 0.5) is 0 Å². The van der Waals surface area contributed by atoms with Gasteiger partial charge in [0.1, 0.15) is 0 Å². The molecule has 0 saturated carbocycles. The second kappa shape index (κ2) is 9.01. The quantitative estimate of drug-likeness (QED) is 0.432. The van der Waals surface area contributed by atoms with Gasteiger partial charge in [0.05, 0.1) is 0 Å². The highest BCUT2D eigenvalue weighted by atomic mass is 15.0. The molecule has 2 heteroatoms. The molecule has 0 heterocycles. The molecule has 0 aliphatic carbocycles. The maximum absolute atomic E-state index is 3.33. The molecule has 0 amide bonds. The SMILES string of the molecule is CCCCC(C)CCNCNC. The lowest BCUT2D eigenvalue weighted by Gasteiger charge is -2.10. The number of hydrogen-bond donors (Lipinski definition) is 2. The van der Waals surface area contributed by atoms with E-state index in [0.29, 0.717) is 0 Å². The maximum atomic E-state index is 3.33. The Morgan fingerprint density at radius 3 is 2.58 bits per heavy atom. The lowest BCUT2D eigenvalue weighted by Crippen LogP contribution is -2.27. The van der Waals surface area contributed by atoms with Gasteiger partial charge < -0.3 is 10.6 Å². The van der Waals surface area contributed by atoms with E-state index in [1.807, 2.05) is 7.05 Å². The maximum Gasteiger partial charge on any atom is 0.0451 e. The van der Waals surface area contributed by atoms with Gasteiger partial charge in [-0.25, -0.2) is 0 Å². The molecule has 0 aromatic carbocycles. The number of nitrogens with one attached hydrogen (secondary N) is 2. The molecular formula is C10H24N2. The normalized spacial score (nSPS) is 13.2. The van der Waals surface area contributed by atoms with Crippen molar-refractivity contribution in [1.82, 2.24) is 10.6 Å². The average Bonchev–Trinajstić information content (AvgIpc) is 2.09. The molecule has 0 fully saturated rings. The van der Waals surface area contributed by atoms with Crippen LogP contribution in [-0.4, -0.2) is 20.3 Å². The van der Waals surface area contributed by atoms with Crippen LogP contribution in [0.25, 0.3) is 0 Å². The van der Waals surface area contributed by atoms with E-state index in [9.17, 15) is 0 Å². The molecule has 1 unspecified atom stereocenters. The van der Waals surface area contributed by atoms with Crippen LogP contribution in [0, 0.1) is 5.92 Å². The van der Waals surface area contributed by atoms with Crippen LogP contribution in [0.1, 0.15) is 39.5 Å². The number of rotatable bonds is 8. The monoisotopic (exact) mass is 172 g/mol. The van der Waals surface area contributed by atoms with Crippen LogP contribution in [0.3, 0.4) is 0 Å². The fraction of sp³-hybridized carbons (Fsp3) is 1.00. The highest BCUT2D eigenvalue weighted by Crippen LogP contribution is 2.10. The molecule has 2 nitrogen and oxygen atoms in total. The third-order valence-corrected chi connectivity index (χ3v) is 2.17. The van der Waals surface area contributed by atoms with Gasteiger partial charge in [-0.1, -0.05) is 33.1 Å². The summed E-state index contributed by atoms with van der Waals surface area (Å²) in [5.41, 5.74) is 0. The van der Waals surface area contributed by atoms with Gasteiger partial charge in [0.15, 0.2) is 0 Å². The summed E-state index contributed by atoms with van der Waals surface area (Å²) in [6.07, 6.45) is 5.40. The highest BCUT2D eigenvalue weighted by molar-refractivity contribution is 4.55. The Balaban J connectivity index is 3.02. The van der Waals surface area contributed by atoms with Gasteiger partial charge >= 0.3 is 0 Å². The molecule has 0 rings (SSSR count). The first-order valence-corrected chi connectivity index (χ1v) is 5.16. The van der Waals surface area contributed by atoms with E-state index in [1.54, 1.807) is 0 Å². The minimum atomic E-state index is 0.884. The molecule has 2 N–H and O–H groups in total. The molecule has 1 atom stereocenters. The summed E-state index contributed by atoms with van der Waals surface area (Å²) in [5, 5.41) is 6.40. The summed E-state index contributed by atoms with van der Waals surface area (Å²) < 4.78 is 0. The standard InChI is InChI=1S/C10H24N2/c1-4-5-6-10(2)7-8-12-9-11-3/h10-12H,4-9H2,1-3H3. The first kappa shape index (κ1) is 11.9. The summed E-state index contributed by atoms with van der Waals surface area (Å²) in [6.45, 7) is 6.68. The van der Waals surface area contributed by atoms with Crippen molar-refractivity contribution in [3.05, 3.63) is 0 Å². The first-order valence-electron chi connectivity index (χ1n) is 5.16. The van der Waals surface area contributed by atoms with E-state index >= 15 is 0 Å². The van der Waals surface area contributed by atoms with E-state index in [-0.39, 0.29) is 0 Å². The van der Waals surface area contributed by atoms with E-state index in [0.717, 1.165) is 19.1 Å². The molecule has 0 saturated heterocycles. The molecule has 0 aliphatic rings. The van der Waals surface area contributed by atoms with Gasteiger partial charge in [-0.15, -0.1) is 0 Å². The van der Waals surface area contributed by atoms with Crippen LogP contribution in [-0.2, 0) is 0 Å². The van der Waals surface area contributed by atoms with Gasteiger partial charge in [0.2, 0.25) is 0 Å². The largest absolute Gasteiger partial charge is 0.308 e. The molecule has 0 aromatic heterocycles. The average molecular weight is 172 g/mol. The van der Waals surface area contributed by atoms with Crippen molar-refractivity contribution in [2.45, 2.75) is 39.5 Å². The van der Waals surface area contributed by atoms with Gasteiger partial charge in [0, 0.05) is 6.67 Å². The fourth-order valence-electron chi connectivity index (χ4n) is 1.26. The summed E-state index contributed by atoms with van der Waals surface area (Å²) in [4.78, 5) is 0. The number of unbranched alkanes of at least 4 members (excludes halogenated alkanes) is 1. The topological polar surface area (TPSA) is 24.1 Å². The third kappa shape index (κ3) is 8.02. The predicted octanol–water partition coefficient (Wildman–Crippen LogP) is 1.97. The molecule has 0 aromatic rings. The Bertz CT molecular complexity index is 83.9. The van der Waals surface area contributed by atoms with E-state index in [2.05, 4.69) is 24.5 Å². The third-order valence-electron chi connectivity index (χ3n) is 2.17. The summed E-state index contributed by atoms with van der Waals surface area (Å²) in [5.74, 6) is 0.884. The Hall–Kier alpha value is -0.0800. The summed E-state index contributed by atoms with van der Waals surface area (Å²) in [6, 6.07) is 0. The predicted molar refractivity (Wildman–Crippen MR) is 55.2 cm³/mol. The van der Waals surface area contributed by atoms with Crippen LogP contribution in [0.5, 0.6) is 0 Å². The van der Waals surface area contributed by atoms with Gasteiger partial charge in [-0.05, 0) is 25.9 Å². The smallest absolute Gasteiger partial charge is 0.0451 e. The Morgan fingerprint density at radius 1 is 1.25 bits per heavy atom. The van der Waals surface area contributed by atoms with Crippen molar-refractivity contribution in [3.63, 3.8) is 0 Å². The number of hydrogen-bond acceptors (Lipinski definition) is 2. The van der Waals surface area contributed by atoms with Gasteiger partial charge in [0.25, 0.3) is 0 Å². The van der Waals surface area contributed by atoms with Crippen molar-refractivity contribution >= 4 is 0 Å². The molecule has 0 bridgehead atoms. The van der Waals surface area contributed by atoms with E-state index < -0.39 is 0 Å². The first-order chi connectivity index (χ1) is 5.81. The second-order valence-electron chi connectivity index (χ2n) is 3.57. The molecule has 0 radical (unpaired) electrons. The van der Waals surface area contributed by atoms with Gasteiger partial charge in [-0.3, -0.25) is 0 Å². The van der Waals surface area contributed by atoms with Crippen molar-refractivity contribution in [2.24, 2.45) is 5.92 Å². The van der Waals surface area contributed by atoms with Crippen LogP contribution in [0.15, 0.2) is 0 Å². The summed E-state index contributed by atoms with van der Waals surface area (Å²) >= 11 is 0. The minimum absolute atomic E-state index is 0.884. The fourth-order valence-corrected chi connectivity index (χ4v) is 1.26. The highest BCUT2D eigenvalue weighted by Gasteiger charge is 1.99. The van der Waals surface area contributed by atoms with Crippen molar-refractivity contribution in [1.29, 1.82) is 0 Å². The molecule has 74 valence electrons. The molecule has 0 aliphatic heterocycles.